The third kappa shape index (κ3) is 4.16. The van der Waals surface area contributed by atoms with Gasteiger partial charge in [0.25, 0.3) is 0 Å². The van der Waals surface area contributed by atoms with Crippen molar-refractivity contribution in [2.75, 3.05) is 0 Å². The second-order valence-electron chi connectivity index (χ2n) is 9.85. The molecule has 0 bridgehead atoms. The molecule has 32 heavy (non-hydrogen) atoms. The topological polar surface area (TPSA) is 86.7 Å². The fraction of sp³-hybridized carbons (Fsp3) is 0.600. The maximum atomic E-state index is 13.3. The molecule has 6 nitrogen and oxygen atoms in total. The van der Waals surface area contributed by atoms with Crippen molar-refractivity contribution in [3.8, 4) is 0 Å². The Morgan fingerprint density at radius 3 is 2.66 bits per heavy atom. The van der Waals surface area contributed by atoms with Crippen molar-refractivity contribution in [3.63, 3.8) is 0 Å². The van der Waals surface area contributed by atoms with Gasteiger partial charge in [0.05, 0.1) is 5.92 Å². The summed E-state index contributed by atoms with van der Waals surface area (Å²) in [5, 5.41) is 0. The number of benzene rings is 1. The molecule has 0 N–H and O–H groups in total. The van der Waals surface area contributed by atoms with Crippen LogP contribution in [-0.4, -0.2) is 29.1 Å². The van der Waals surface area contributed by atoms with Gasteiger partial charge in [-0.25, -0.2) is 0 Å². The van der Waals surface area contributed by atoms with Gasteiger partial charge in [0.1, 0.15) is 23.8 Å². The van der Waals surface area contributed by atoms with Crippen LogP contribution in [0, 0.1) is 23.2 Å². The second-order valence-corrected chi connectivity index (χ2v) is 10.7. The Kier molecular flexibility index (Phi) is 6.31. The first kappa shape index (κ1) is 23.1. The molecule has 0 amide bonds. The first-order chi connectivity index (χ1) is 15.1. The molecule has 5 atom stereocenters. The van der Waals surface area contributed by atoms with Crippen LogP contribution in [0.25, 0.3) is 0 Å². The van der Waals surface area contributed by atoms with Gasteiger partial charge in [0.15, 0.2) is 0 Å². The minimum atomic E-state index is -1.07. The van der Waals surface area contributed by atoms with Crippen LogP contribution in [0.2, 0.25) is 0 Å². The van der Waals surface area contributed by atoms with Gasteiger partial charge in [-0.05, 0) is 44.1 Å². The first-order valence-electron chi connectivity index (χ1n) is 11.3. The number of halogens is 1. The van der Waals surface area contributed by atoms with Gasteiger partial charge < -0.3 is 9.47 Å². The third-order valence-corrected chi connectivity index (χ3v) is 8.60. The smallest absolute Gasteiger partial charge is 0.306 e. The molecular formula is C25H29BrO6. The highest BCUT2D eigenvalue weighted by atomic mass is 79.9. The van der Waals surface area contributed by atoms with Crippen molar-refractivity contribution < 1.29 is 28.7 Å². The number of esters is 2. The van der Waals surface area contributed by atoms with Crippen molar-refractivity contribution in [1.29, 1.82) is 0 Å². The van der Waals surface area contributed by atoms with Crippen LogP contribution in [-0.2, 0) is 35.3 Å². The van der Waals surface area contributed by atoms with Gasteiger partial charge in [0.2, 0.25) is 0 Å². The third-order valence-electron chi connectivity index (χ3n) is 7.83. The molecule has 1 heterocycles. The van der Waals surface area contributed by atoms with Crippen LogP contribution in [0.5, 0.6) is 0 Å². The van der Waals surface area contributed by atoms with E-state index in [1.165, 1.54) is 0 Å². The SMILES string of the molecule is C[C@]1(CCC(=O)OCc2ccccc2Br)OC(=O)CC[C@@H]2[C@@H]1C(=O)C[C@]1(C)C(=O)CC[C@@H]21. The molecule has 1 aliphatic heterocycles. The molecule has 3 fully saturated rings. The molecule has 3 aliphatic rings. The van der Waals surface area contributed by atoms with E-state index in [2.05, 4.69) is 15.9 Å². The quantitative estimate of drug-likeness (QED) is 0.546. The summed E-state index contributed by atoms with van der Waals surface area (Å²) in [6.45, 7) is 3.82. The van der Waals surface area contributed by atoms with Crippen LogP contribution in [0.3, 0.4) is 0 Å². The summed E-state index contributed by atoms with van der Waals surface area (Å²) in [6, 6.07) is 7.51. The fourth-order valence-electron chi connectivity index (χ4n) is 6.18. The molecular weight excluding hydrogens is 476 g/mol. The van der Waals surface area contributed by atoms with Crippen molar-refractivity contribution >= 4 is 39.4 Å². The summed E-state index contributed by atoms with van der Waals surface area (Å²) in [7, 11) is 0. The van der Waals surface area contributed by atoms with Gasteiger partial charge in [-0.3, -0.25) is 19.2 Å². The zero-order valence-electron chi connectivity index (χ0n) is 18.5. The van der Waals surface area contributed by atoms with Crippen molar-refractivity contribution in [3.05, 3.63) is 34.3 Å². The Bertz CT molecular complexity index is 958. The molecule has 1 aromatic rings. The van der Waals surface area contributed by atoms with Crippen LogP contribution >= 0.6 is 15.9 Å². The van der Waals surface area contributed by atoms with Gasteiger partial charge in [-0.1, -0.05) is 41.1 Å². The zero-order chi connectivity index (χ0) is 23.1. The van der Waals surface area contributed by atoms with Gasteiger partial charge in [-0.15, -0.1) is 0 Å². The number of rotatable bonds is 5. The van der Waals surface area contributed by atoms with Crippen molar-refractivity contribution in [2.45, 2.75) is 71.0 Å². The van der Waals surface area contributed by atoms with E-state index in [4.69, 9.17) is 9.47 Å². The molecule has 0 spiro atoms. The maximum absolute atomic E-state index is 13.3. The predicted octanol–water partition coefficient (Wildman–Crippen LogP) is 4.56. The molecule has 0 radical (unpaired) electrons. The first-order valence-corrected chi connectivity index (χ1v) is 12.1. The zero-order valence-corrected chi connectivity index (χ0v) is 20.1. The van der Waals surface area contributed by atoms with Crippen LogP contribution in [0.15, 0.2) is 28.7 Å². The normalized spacial score (nSPS) is 34.3. The lowest BCUT2D eigenvalue weighted by molar-refractivity contribution is -0.173. The molecule has 1 aromatic carbocycles. The number of Topliss-reactive ketones (excluding diaryl/α,β-unsaturated/α-hetero) is 2. The standard InChI is InChI=1S/C25H29BrO6/c1-24-13-19(27)23-16(17(24)8-9-20(24)28)7-10-22(30)32-25(23,2)12-11-21(29)31-14-15-5-3-4-6-18(15)26/h3-6,16-17,23H,7-14H2,1-2H3/t16-,17-,23+,24-,25+/m0/s1. The van der Waals surface area contributed by atoms with Gasteiger partial charge in [0, 0.05) is 41.1 Å². The highest BCUT2D eigenvalue weighted by Gasteiger charge is 2.61. The lowest BCUT2D eigenvalue weighted by Crippen LogP contribution is -2.54. The van der Waals surface area contributed by atoms with E-state index in [-0.39, 0.29) is 61.7 Å². The van der Waals surface area contributed by atoms with Crippen LogP contribution < -0.4 is 0 Å². The lowest BCUT2D eigenvalue weighted by atomic mass is 9.55. The Hall–Kier alpha value is -2.02. The highest BCUT2D eigenvalue weighted by molar-refractivity contribution is 9.10. The Labute approximate surface area is 196 Å². The number of carbonyl (C=O) groups is 4. The average molecular weight is 505 g/mol. The van der Waals surface area contributed by atoms with E-state index in [1.807, 2.05) is 31.2 Å². The van der Waals surface area contributed by atoms with E-state index in [1.54, 1.807) is 6.92 Å². The van der Waals surface area contributed by atoms with Crippen molar-refractivity contribution in [1.82, 2.24) is 0 Å². The number of ketones is 2. The highest BCUT2D eigenvalue weighted by Crippen LogP contribution is 2.58. The Morgan fingerprint density at radius 1 is 1.16 bits per heavy atom. The lowest BCUT2D eigenvalue weighted by Gasteiger charge is -2.48. The average Bonchev–Trinajstić information content (AvgIpc) is 2.95. The second kappa shape index (κ2) is 8.73. The molecule has 4 rings (SSSR count). The van der Waals surface area contributed by atoms with E-state index in [0.29, 0.717) is 12.8 Å². The minimum Gasteiger partial charge on any atom is -0.461 e. The number of hydrogen-bond acceptors (Lipinski definition) is 6. The summed E-state index contributed by atoms with van der Waals surface area (Å²) in [5.41, 5.74) is -0.843. The van der Waals surface area contributed by atoms with E-state index >= 15 is 0 Å². The maximum Gasteiger partial charge on any atom is 0.306 e. The molecule has 2 aliphatic carbocycles. The van der Waals surface area contributed by atoms with Crippen molar-refractivity contribution in [2.24, 2.45) is 23.2 Å². The van der Waals surface area contributed by atoms with E-state index in [0.717, 1.165) is 16.5 Å². The predicted molar refractivity (Wildman–Crippen MR) is 119 cm³/mol. The monoisotopic (exact) mass is 504 g/mol. The summed E-state index contributed by atoms with van der Waals surface area (Å²) in [4.78, 5) is 50.8. The van der Waals surface area contributed by atoms with E-state index < -0.39 is 22.9 Å². The molecule has 0 unspecified atom stereocenters. The van der Waals surface area contributed by atoms with Gasteiger partial charge in [-0.2, -0.15) is 0 Å². The fourth-order valence-corrected chi connectivity index (χ4v) is 6.58. The number of hydrogen-bond donors (Lipinski definition) is 0. The number of ether oxygens (including phenoxy) is 2. The van der Waals surface area contributed by atoms with Crippen LogP contribution in [0.4, 0.5) is 0 Å². The molecule has 7 heteroatoms. The molecule has 2 saturated carbocycles. The largest absolute Gasteiger partial charge is 0.461 e. The number of carbonyl (C=O) groups excluding carboxylic acids is 4. The van der Waals surface area contributed by atoms with Crippen LogP contribution in [0.1, 0.15) is 64.4 Å². The molecule has 0 aromatic heterocycles. The minimum absolute atomic E-state index is 0.0252. The van der Waals surface area contributed by atoms with Gasteiger partial charge >= 0.3 is 11.9 Å². The Balaban J connectivity index is 1.48. The summed E-state index contributed by atoms with van der Waals surface area (Å²) >= 11 is 3.44. The van der Waals surface area contributed by atoms with E-state index in [9.17, 15) is 19.2 Å². The summed E-state index contributed by atoms with van der Waals surface area (Å²) < 4.78 is 12.1. The number of cyclic esters (lactones) is 1. The summed E-state index contributed by atoms with van der Waals surface area (Å²) in [6.07, 6.45) is 2.48. The molecule has 1 saturated heterocycles. The summed E-state index contributed by atoms with van der Waals surface area (Å²) in [5.74, 6) is -1.11. The molecule has 172 valence electrons. The Morgan fingerprint density at radius 2 is 1.91 bits per heavy atom. The number of fused-ring (bicyclic) bond motifs is 3.